The van der Waals surface area contributed by atoms with Crippen LogP contribution in [-0.4, -0.2) is 15.8 Å². The van der Waals surface area contributed by atoms with Gasteiger partial charge in [-0.3, -0.25) is 4.79 Å². The summed E-state index contributed by atoms with van der Waals surface area (Å²) in [5.41, 5.74) is 4.17. The van der Waals surface area contributed by atoms with Crippen molar-refractivity contribution in [3.8, 4) is 0 Å². The van der Waals surface area contributed by atoms with E-state index in [0.29, 0.717) is 18.8 Å². The lowest BCUT2D eigenvalue weighted by molar-refractivity contribution is 0.0746. The van der Waals surface area contributed by atoms with Crippen molar-refractivity contribution in [1.82, 2.24) is 9.88 Å². The van der Waals surface area contributed by atoms with Gasteiger partial charge in [0, 0.05) is 24.0 Å². The number of nitrogens with one attached hydrogen (secondary N) is 1. The van der Waals surface area contributed by atoms with Crippen molar-refractivity contribution in [1.29, 1.82) is 0 Å². The van der Waals surface area contributed by atoms with Crippen LogP contribution < -0.4 is 0 Å². The Morgan fingerprint density at radius 2 is 1.60 bits per heavy atom. The van der Waals surface area contributed by atoms with E-state index in [4.69, 9.17) is 0 Å². The number of benzene rings is 2. The van der Waals surface area contributed by atoms with Crippen LogP contribution in [0.25, 0.3) is 10.9 Å². The average molecular weight is 262 g/mol. The van der Waals surface area contributed by atoms with Gasteiger partial charge in [-0.25, -0.2) is 0 Å². The number of aromatic nitrogens is 1. The molecule has 0 unspecified atom stereocenters. The van der Waals surface area contributed by atoms with Gasteiger partial charge in [-0.05, 0) is 23.3 Å². The molecular weight excluding hydrogens is 248 g/mol. The molecule has 0 aliphatic carbocycles. The molecule has 4 rings (SSSR count). The third-order valence-electron chi connectivity index (χ3n) is 3.89. The molecule has 1 aromatic heterocycles. The SMILES string of the molecule is O=C(c1cc2ccccc2[nH]1)N1Cc2ccccc2C1. The molecule has 0 spiro atoms. The van der Waals surface area contributed by atoms with Crippen molar-refractivity contribution in [2.45, 2.75) is 13.1 Å². The lowest BCUT2D eigenvalue weighted by atomic mass is 10.1. The number of carbonyl (C=O) groups excluding carboxylic acids is 1. The summed E-state index contributed by atoms with van der Waals surface area (Å²) in [4.78, 5) is 17.7. The molecule has 98 valence electrons. The summed E-state index contributed by atoms with van der Waals surface area (Å²) >= 11 is 0. The maximum atomic E-state index is 12.6. The van der Waals surface area contributed by atoms with Crippen molar-refractivity contribution in [3.63, 3.8) is 0 Å². The highest BCUT2D eigenvalue weighted by Crippen LogP contribution is 2.24. The highest BCUT2D eigenvalue weighted by atomic mass is 16.2. The predicted octanol–water partition coefficient (Wildman–Crippen LogP) is 3.32. The Hall–Kier alpha value is -2.55. The highest BCUT2D eigenvalue weighted by molar-refractivity contribution is 5.98. The Morgan fingerprint density at radius 3 is 2.30 bits per heavy atom. The number of hydrogen-bond acceptors (Lipinski definition) is 1. The molecule has 1 aliphatic heterocycles. The first kappa shape index (κ1) is 11.3. The van der Waals surface area contributed by atoms with Gasteiger partial charge in [0.05, 0.1) is 0 Å². The van der Waals surface area contributed by atoms with Gasteiger partial charge in [-0.15, -0.1) is 0 Å². The lowest BCUT2D eigenvalue weighted by Gasteiger charge is -2.13. The molecule has 1 aliphatic rings. The fraction of sp³-hybridized carbons (Fsp3) is 0.118. The number of rotatable bonds is 1. The molecular formula is C17H14N2O. The Labute approximate surface area is 116 Å². The summed E-state index contributed by atoms with van der Waals surface area (Å²) in [5, 5.41) is 1.08. The zero-order chi connectivity index (χ0) is 13.5. The van der Waals surface area contributed by atoms with Crippen LogP contribution in [0.15, 0.2) is 54.6 Å². The van der Waals surface area contributed by atoms with Crippen LogP contribution in [-0.2, 0) is 13.1 Å². The minimum Gasteiger partial charge on any atom is -0.351 e. The standard InChI is InChI=1S/C17H14N2O/c20-17(16-9-12-5-3-4-8-15(12)18-16)19-10-13-6-1-2-7-14(13)11-19/h1-9,18H,10-11H2. The molecule has 3 heteroatoms. The number of carbonyl (C=O) groups is 1. The molecule has 3 nitrogen and oxygen atoms in total. The molecule has 20 heavy (non-hydrogen) atoms. The molecule has 0 bridgehead atoms. The first-order valence-electron chi connectivity index (χ1n) is 6.75. The van der Waals surface area contributed by atoms with Crippen LogP contribution in [0.2, 0.25) is 0 Å². The smallest absolute Gasteiger partial charge is 0.270 e. The van der Waals surface area contributed by atoms with Gasteiger partial charge in [-0.2, -0.15) is 0 Å². The third kappa shape index (κ3) is 1.71. The Balaban J connectivity index is 1.65. The molecule has 3 aromatic rings. The van der Waals surface area contributed by atoms with E-state index in [9.17, 15) is 4.79 Å². The number of H-pyrrole nitrogens is 1. The van der Waals surface area contributed by atoms with Gasteiger partial charge in [0.2, 0.25) is 0 Å². The molecule has 2 heterocycles. The number of fused-ring (bicyclic) bond motifs is 2. The zero-order valence-electron chi connectivity index (χ0n) is 11.0. The van der Waals surface area contributed by atoms with Crippen molar-refractivity contribution >= 4 is 16.8 Å². The minimum absolute atomic E-state index is 0.0670. The first-order chi connectivity index (χ1) is 9.81. The summed E-state index contributed by atoms with van der Waals surface area (Å²) < 4.78 is 0. The quantitative estimate of drug-likeness (QED) is 0.717. The molecule has 1 amide bonds. The largest absolute Gasteiger partial charge is 0.351 e. The van der Waals surface area contributed by atoms with E-state index in [1.165, 1.54) is 11.1 Å². The summed E-state index contributed by atoms with van der Waals surface area (Å²) in [6, 6.07) is 18.1. The summed E-state index contributed by atoms with van der Waals surface area (Å²) in [5.74, 6) is 0.0670. The molecule has 0 saturated carbocycles. The maximum absolute atomic E-state index is 12.6. The van der Waals surface area contributed by atoms with Crippen molar-refractivity contribution in [2.75, 3.05) is 0 Å². The average Bonchev–Trinajstić information content (AvgIpc) is 3.10. The molecule has 0 radical (unpaired) electrons. The predicted molar refractivity (Wildman–Crippen MR) is 78.3 cm³/mol. The number of nitrogens with zero attached hydrogens (tertiary/aromatic N) is 1. The van der Waals surface area contributed by atoms with Crippen molar-refractivity contribution in [3.05, 3.63) is 71.4 Å². The fourth-order valence-electron chi connectivity index (χ4n) is 2.84. The Kier molecular flexibility index (Phi) is 2.39. The van der Waals surface area contributed by atoms with Crippen LogP contribution in [0.5, 0.6) is 0 Å². The molecule has 0 fully saturated rings. The van der Waals surface area contributed by atoms with Crippen LogP contribution >= 0.6 is 0 Å². The first-order valence-corrected chi connectivity index (χ1v) is 6.75. The number of aromatic amines is 1. The Bertz CT molecular complexity index is 745. The lowest BCUT2D eigenvalue weighted by Crippen LogP contribution is -2.25. The molecule has 0 saturated heterocycles. The third-order valence-corrected chi connectivity index (χ3v) is 3.89. The second-order valence-electron chi connectivity index (χ2n) is 5.20. The minimum atomic E-state index is 0.0670. The normalized spacial score (nSPS) is 13.7. The van der Waals surface area contributed by atoms with Gasteiger partial charge >= 0.3 is 0 Å². The van der Waals surface area contributed by atoms with E-state index in [-0.39, 0.29) is 5.91 Å². The van der Waals surface area contributed by atoms with E-state index in [0.717, 1.165) is 10.9 Å². The van der Waals surface area contributed by atoms with E-state index >= 15 is 0 Å². The van der Waals surface area contributed by atoms with E-state index < -0.39 is 0 Å². The van der Waals surface area contributed by atoms with E-state index in [1.807, 2.05) is 47.4 Å². The van der Waals surface area contributed by atoms with Gasteiger partial charge in [0.1, 0.15) is 5.69 Å². The van der Waals surface area contributed by atoms with Crippen LogP contribution in [0.3, 0.4) is 0 Å². The molecule has 1 N–H and O–H groups in total. The number of hydrogen-bond donors (Lipinski definition) is 1. The summed E-state index contributed by atoms with van der Waals surface area (Å²) in [7, 11) is 0. The molecule has 2 aromatic carbocycles. The van der Waals surface area contributed by atoms with Crippen molar-refractivity contribution in [2.24, 2.45) is 0 Å². The number of para-hydroxylation sites is 1. The van der Waals surface area contributed by atoms with Crippen LogP contribution in [0, 0.1) is 0 Å². The van der Waals surface area contributed by atoms with Gasteiger partial charge in [-0.1, -0.05) is 42.5 Å². The Morgan fingerprint density at radius 1 is 0.950 bits per heavy atom. The van der Waals surface area contributed by atoms with E-state index in [2.05, 4.69) is 17.1 Å². The monoisotopic (exact) mass is 262 g/mol. The van der Waals surface area contributed by atoms with Crippen LogP contribution in [0.1, 0.15) is 21.6 Å². The zero-order valence-corrected chi connectivity index (χ0v) is 11.0. The maximum Gasteiger partial charge on any atom is 0.270 e. The van der Waals surface area contributed by atoms with Gasteiger partial charge in [0.15, 0.2) is 0 Å². The van der Waals surface area contributed by atoms with E-state index in [1.54, 1.807) is 0 Å². The van der Waals surface area contributed by atoms with Gasteiger partial charge < -0.3 is 9.88 Å². The topological polar surface area (TPSA) is 36.1 Å². The second kappa shape index (κ2) is 4.23. The fourth-order valence-corrected chi connectivity index (χ4v) is 2.84. The summed E-state index contributed by atoms with van der Waals surface area (Å²) in [6.45, 7) is 1.40. The van der Waals surface area contributed by atoms with Crippen molar-refractivity contribution < 1.29 is 4.79 Å². The second-order valence-corrected chi connectivity index (χ2v) is 5.20. The highest BCUT2D eigenvalue weighted by Gasteiger charge is 2.24. The molecule has 0 atom stereocenters. The van der Waals surface area contributed by atoms with Crippen LogP contribution in [0.4, 0.5) is 0 Å². The van der Waals surface area contributed by atoms with Gasteiger partial charge in [0.25, 0.3) is 5.91 Å². The summed E-state index contributed by atoms with van der Waals surface area (Å²) in [6.07, 6.45) is 0. The number of amides is 1.